The van der Waals surface area contributed by atoms with Gasteiger partial charge in [0.1, 0.15) is 5.75 Å². The minimum Gasteiger partial charge on any atom is -0.494 e. The van der Waals surface area contributed by atoms with Crippen LogP contribution in [0.15, 0.2) is 48.7 Å². The summed E-state index contributed by atoms with van der Waals surface area (Å²) in [6.07, 6.45) is 3.74. The summed E-state index contributed by atoms with van der Waals surface area (Å²) >= 11 is 0. The summed E-state index contributed by atoms with van der Waals surface area (Å²) in [5.41, 5.74) is 4.29. The molecule has 2 N–H and O–H groups in total. The van der Waals surface area contributed by atoms with Crippen LogP contribution in [0.1, 0.15) is 19.8 Å². The smallest absolute Gasteiger partial charge is 0.264 e. The zero-order chi connectivity index (χ0) is 26.5. The van der Waals surface area contributed by atoms with Gasteiger partial charge in [0.2, 0.25) is 0 Å². The van der Waals surface area contributed by atoms with Gasteiger partial charge in [-0.2, -0.15) is 5.10 Å². The minimum absolute atomic E-state index is 0.0347. The van der Waals surface area contributed by atoms with Crippen LogP contribution < -0.4 is 10.2 Å². The molecule has 37 heavy (non-hydrogen) atoms. The van der Waals surface area contributed by atoms with Crippen molar-refractivity contribution in [2.45, 2.75) is 31.1 Å². The molecule has 1 amide bonds. The van der Waals surface area contributed by atoms with E-state index in [0.29, 0.717) is 6.61 Å². The standard InChI is InChI=1S/C26H34N4O6S/c1-26(25(31)28-32,37(2,33)34)10-12-30-19-22-18-21(6-9-24(22)27-30)20-4-7-23(8-5-20)36-15-3-11-29-13-16-35-17-14-29/h4-9,18-19,32H,3,10-17H2,1-2H3,(H,28,31)/t26-/m1/s1. The van der Waals surface area contributed by atoms with Crippen LogP contribution in [0.3, 0.4) is 0 Å². The number of aromatic nitrogens is 2. The highest BCUT2D eigenvalue weighted by Gasteiger charge is 2.43. The van der Waals surface area contributed by atoms with Crippen molar-refractivity contribution in [2.24, 2.45) is 0 Å². The largest absolute Gasteiger partial charge is 0.494 e. The molecule has 1 fully saturated rings. The van der Waals surface area contributed by atoms with Crippen molar-refractivity contribution in [3.05, 3.63) is 48.7 Å². The third kappa shape index (κ3) is 6.48. The van der Waals surface area contributed by atoms with Crippen molar-refractivity contribution in [2.75, 3.05) is 45.7 Å². The van der Waals surface area contributed by atoms with Gasteiger partial charge in [0.25, 0.3) is 5.91 Å². The molecular weight excluding hydrogens is 496 g/mol. The molecule has 1 atom stereocenters. The number of rotatable bonds is 11. The van der Waals surface area contributed by atoms with Crippen molar-refractivity contribution in [1.29, 1.82) is 0 Å². The van der Waals surface area contributed by atoms with Crippen LogP contribution >= 0.6 is 0 Å². The van der Waals surface area contributed by atoms with E-state index in [1.54, 1.807) is 4.68 Å². The molecule has 0 bridgehead atoms. The van der Waals surface area contributed by atoms with Crippen LogP contribution in [-0.2, 0) is 25.9 Å². The number of sulfone groups is 1. The molecule has 3 aromatic rings. The highest BCUT2D eigenvalue weighted by Crippen LogP contribution is 2.27. The monoisotopic (exact) mass is 530 g/mol. The lowest BCUT2D eigenvalue weighted by Crippen LogP contribution is -2.49. The summed E-state index contributed by atoms with van der Waals surface area (Å²) in [7, 11) is -3.77. The van der Waals surface area contributed by atoms with E-state index in [9.17, 15) is 13.2 Å². The molecule has 1 saturated heterocycles. The predicted molar refractivity (Wildman–Crippen MR) is 140 cm³/mol. The molecule has 11 heteroatoms. The Morgan fingerprint density at radius 1 is 1.14 bits per heavy atom. The number of hydroxylamine groups is 1. The van der Waals surface area contributed by atoms with E-state index < -0.39 is 20.5 Å². The molecule has 1 aliphatic rings. The lowest BCUT2D eigenvalue weighted by Gasteiger charge is -2.26. The Morgan fingerprint density at radius 2 is 1.84 bits per heavy atom. The number of carbonyl (C=O) groups excluding carboxylic acids is 1. The Morgan fingerprint density at radius 3 is 2.51 bits per heavy atom. The molecule has 10 nitrogen and oxygen atoms in total. The van der Waals surface area contributed by atoms with Crippen molar-refractivity contribution in [3.8, 4) is 16.9 Å². The number of hydrogen-bond acceptors (Lipinski definition) is 8. The zero-order valence-electron chi connectivity index (χ0n) is 21.2. The lowest BCUT2D eigenvalue weighted by atomic mass is 10.0. The van der Waals surface area contributed by atoms with Crippen LogP contribution in [0.4, 0.5) is 0 Å². The number of aryl methyl sites for hydroxylation is 1. The van der Waals surface area contributed by atoms with E-state index in [0.717, 1.165) is 73.3 Å². The summed E-state index contributed by atoms with van der Waals surface area (Å²) in [4.78, 5) is 14.4. The molecule has 1 aliphatic heterocycles. The molecule has 0 spiro atoms. The first kappa shape index (κ1) is 27.1. The molecule has 4 rings (SSSR count). The summed E-state index contributed by atoms with van der Waals surface area (Å²) in [6, 6.07) is 13.9. The molecule has 0 saturated carbocycles. The summed E-state index contributed by atoms with van der Waals surface area (Å²) < 4.78 is 35.5. The van der Waals surface area contributed by atoms with Gasteiger partial charge in [-0.3, -0.25) is 19.6 Å². The van der Waals surface area contributed by atoms with Crippen molar-refractivity contribution in [3.63, 3.8) is 0 Å². The number of benzene rings is 2. The highest BCUT2D eigenvalue weighted by molar-refractivity contribution is 7.92. The number of ether oxygens (including phenoxy) is 2. The molecule has 0 aliphatic carbocycles. The van der Waals surface area contributed by atoms with Gasteiger partial charge in [-0.25, -0.2) is 13.9 Å². The molecule has 1 aromatic heterocycles. The fourth-order valence-electron chi connectivity index (χ4n) is 4.33. The minimum atomic E-state index is -3.77. The van der Waals surface area contributed by atoms with E-state index in [4.69, 9.17) is 14.7 Å². The van der Waals surface area contributed by atoms with Crippen LogP contribution in [0.2, 0.25) is 0 Å². The molecule has 0 radical (unpaired) electrons. The SMILES string of the molecule is C[C@@](CCn1cc2cc(-c3ccc(OCCCN4CCOCC4)cc3)ccc2n1)(C(=O)NO)S(C)(=O)=O. The average molecular weight is 531 g/mol. The number of amides is 1. The molecule has 2 heterocycles. The maximum absolute atomic E-state index is 12.2. The fourth-order valence-corrected chi connectivity index (χ4v) is 5.18. The Balaban J connectivity index is 1.36. The van der Waals surface area contributed by atoms with E-state index in [-0.39, 0.29) is 13.0 Å². The van der Waals surface area contributed by atoms with Gasteiger partial charge in [0.05, 0.1) is 25.3 Å². The summed E-state index contributed by atoms with van der Waals surface area (Å²) in [6.45, 7) is 6.75. The first-order valence-electron chi connectivity index (χ1n) is 12.3. The first-order chi connectivity index (χ1) is 17.7. The van der Waals surface area contributed by atoms with E-state index in [1.165, 1.54) is 12.4 Å². The van der Waals surface area contributed by atoms with Crippen LogP contribution in [0.5, 0.6) is 5.75 Å². The maximum Gasteiger partial charge on any atom is 0.264 e. The second-order valence-corrected chi connectivity index (χ2v) is 12.0. The summed E-state index contributed by atoms with van der Waals surface area (Å²) in [5.74, 6) is -0.126. The van der Waals surface area contributed by atoms with Gasteiger partial charge in [-0.1, -0.05) is 18.2 Å². The quantitative estimate of drug-likeness (QED) is 0.220. The average Bonchev–Trinajstić information content (AvgIpc) is 3.32. The number of nitrogens with one attached hydrogen (secondary N) is 1. The van der Waals surface area contributed by atoms with Gasteiger partial charge < -0.3 is 9.47 Å². The molecule has 0 unspecified atom stereocenters. The van der Waals surface area contributed by atoms with Gasteiger partial charge in [-0.15, -0.1) is 0 Å². The highest BCUT2D eigenvalue weighted by atomic mass is 32.2. The van der Waals surface area contributed by atoms with Crippen LogP contribution in [0, 0.1) is 0 Å². The Labute approximate surface area is 217 Å². The lowest BCUT2D eigenvalue weighted by molar-refractivity contribution is -0.131. The van der Waals surface area contributed by atoms with E-state index in [1.807, 2.05) is 48.7 Å². The number of fused-ring (bicyclic) bond motifs is 1. The molecule has 200 valence electrons. The zero-order valence-corrected chi connectivity index (χ0v) is 22.0. The normalized spacial score (nSPS) is 16.4. The second-order valence-electron chi connectivity index (χ2n) is 9.54. The van der Waals surface area contributed by atoms with Gasteiger partial charge in [0.15, 0.2) is 14.6 Å². The Bertz CT molecular complexity index is 1320. The first-order valence-corrected chi connectivity index (χ1v) is 14.2. The van der Waals surface area contributed by atoms with Gasteiger partial charge in [0, 0.05) is 44.0 Å². The van der Waals surface area contributed by atoms with Crippen LogP contribution in [0.25, 0.3) is 22.0 Å². The Kier molecular flexibility index (Phi) is 8.48. The van der Waals surface area contributed by atoms with E-state index >= 15 is 0 Å². The number of morpholine rings is 1. The van der Waals surface area contributed by atoms with Crippen molar-refractivity contribution < 1.29 is 27.9 Å². The second kappa shape index (κ2) is 11.6. The number of hydrogen-bond donors (Lipinski definition) is 2. The molecular formula is C26H34N4O6S. The number of nitrogens with zero attached hydrogens (tertiary/aromatic N) is 3. The van der Waals surface area contributed by atoms with E-state index in [2.05, 4.69) is 10.00 Å². The third-order valence-electron chi connectivity index (χ3n) is 6.95. The van der Waals surface area contributed by atoms with Gasteiger partial charge >= 0.3 is 0 Å². The summed E-state index contributed by atoms with van der Waals surface area (Å²) in [5, 5.41) is 14.4. The van der Waals surface area contributed by atoms with Gasteiger partial charge in [-0.05, 0) is 55.2 Å². The molecule has 2 aromatic carbocycles. The van der Waals surface area contributed by atoms with Crippen molar-refractivity contribution >= 4 is 26.6 Å². The predicted octanol–water partition coefficient (Wildman–Crippen LogP) is 2.50. The van der Waals surface area contributed by atoms with Crippen LogP contribution in [-0.4, -0.2) is 84.7 Å². The Hall–Kier alpha value is -2.99. The maximum atomic E-state index is 12.2. The van der Waals surface area contributed by atoms with Crippen molar-refractivity contribution in [1.82, 2.24) is 20.2 Å². The fraction of sp³-hybridized carbons (Fsp3) is 0.462. The number of carbonyl (C=O) groups is 1. The topological polar surface area (TPSA) is 123 Å². The third-order valence-corrected chi connectivity index (χ3v) is 8.98.